The van der Waals surface area contributed by atoms with Crippen LogP contribution in [0.5, 0.6) is 0 Å². The monoisotopic (exact) mass is 383 g/mol. The number of hydrogen-bond donors (Lipinski definition) is 0. The van der Waals surface area contributed by atoms with Gasteiger partial charge in [0.15, 0.2) is 0 Å². The Morgan fingerprint density at radius 1 is 0.679 bits per heavy atom. The molecule has 0 saturated heterocycles. The average Bonchev–Trinajstić information content (AvgIpc) is 3.18. The van der Waals surface area contributed by atoms with Crippen LogP contribution in [0.2, 0.25) is 5.02 Å². The van der Waals surface area contributed by atoms with Crippen LogP contribution in [0.15, 0.2) is 89.6 Å². The Balaban J connectivity index is 1.48. The van der Waals surface area contributed by atoms with E-state index in [9.17, 15) is 0 Å². The van der Waals surface area contributed by atoms with Gasteiger partial charge in [0.05, 0.1) is 5.69 Å². The molecular formula is C23H14ClN3O. The number of pyridine rings is 2. The summed E-state index contributed by atoms with van der Waals surface area (Å²) < 4.78 is 5.88. The fraction of sp³-hybridized carbons (Fsp3) is 0. The zero-order valence-electron chi connectivity index (χ0n) is 14.7. The number of oxazole rings is 1. The highest BCUT2D eigenvalue weighted by atomic mass is 35.5. The summed E-state index contributed by atoms with van der Waals surface area (Å²) in [6, 6.07) is 23.5. The highest BCUT2D eigenvalue weighted by Crippen LogP contribution is 2.28. The highest BCUT2D eigenvalue weighted by molar-refractivity contribution is 6.30. The first-order valence-corrected chi connectivity index (χ1v) is 9.18. The molecule has 3 heterocycles. The Hall–Kier alpha value is -3.50. The largest absolute Gasteiger partial charge is 0.418 e. The summed E-state index contributed by atoms with van der Waals surface area (Å²) in [5, 5.41) is 0.676. The molecule has 3 aromatic heterocycles. The van der Waals surface area contributed by atoms with Crippen molar-refractivity contribution in [3.8, 4) is 33.8 Å². The minimum atomic E-state index is 0.513. The normalized spacial score (nSPS) is 11.0. The van der Waals surface area contributed by atoms with E-state index in [4.69, 9.17) is 16.0 Å². The van der Waals surface area contributed by atoms with E-state index in [0.29, 0.717) is 16.6 Å². The highest BCUT2D eigenvalue weighted by Gasteiger charge is 2.11. The van der Waals surface area contributed by atoms with Gasteiger partial charge in [-0.25, -0.2) is 9.97 Å². The third-order valence-electron chi connectivity index (χ3n) is 4.52. The van der Waals surface area contributed by atoms with Crippen molar-refractivity contribution in [3.05, 3.63) is 90.2 Å². The summed E-state index contributed by atoms with van der Waals surface area (Å²) in [5.74, 6) is 0.531. The van der Waals surface area contributed by atoms with Crippen LogP contribution in [0.3, 0.4) is 0 Å². The third-order valence-corrected chi connectivity index (χ3v) is 4.77. The van der Waals surface area contributed by atoms with Gasteiger partial charge in [-0.1, -0.05) is 41.9 Å². The lowest BCUT2D eigenvalue weighted by Crippen LogP contribution is -1.85. The molecule has 5 rings (SSSR count). The van der Waals surface area contributed by atoms with Crippen LogP contribution in [-0.4, -0.2) is 15.0 Å². The van der Waals surface area contributed by atoms with Gasteiger partial charge in [0.2, 0.25) is 11.6 Å². The fourth-order valence-electron chi connectivity index (χ4n) is 3.06. The van der Waals surface area contributed by atoms with E-state index >= 15 is 0 Å². The first-order chi connectivity index (χ1) is 13.8. The molecule has 28 heavy (non-hydrogen) atoms. The van der Waals surface area contributed by atoms with Gasteiger partial charge < -0.3 is 4.42 Å². The van der Waals surface area contributed by atoms with E-state index in [-0.39, 0.29) is 0 Å². The van der Waals surface area contributed by atoms with Crippen LogP contribution >= 0.6 is 11.6 Å². The van der Waals surface area contributed by atoms with Gasteiger partial charge in [0.1, 0.15) is 5.52 Å². The molecular weight excluding hydrogens is 370 g/mol. The molecule has 5 heteroatoms. The third kappa shape index (κ3) is 3.15. The Morgan fingerprint density at radius 2 is 1.43 bits per heavy atom. The Kier molecular flexibility index (Phi) is 4.11. The zero-order valence-corrected chi connectivity index (χ0v) is 15.5. The summed E-state index contributed by atoms with van der Waals surface area (Å²) in [6.45, 7) is 0. The molecule has 0 N–H and O–H groups in total. The predicted molar refractivity (Wildman–Crippen MR) is 111 cm³/mol. The van der Waals surface area contributed by atoms with Crippen LogP contribution < -0.4 is 0 Å². The van der Waals surface area contributed by atoms with Crippen molar-refractivity contribution in [2.75, 3.05) is 0 Å². The van der Waals surface area contributed by atoms with E-state index in [2.05, 4.69) is 27.1 Å². The van der Waals surface area contributed by atoms with Gasteiger partial charge >= 0.3 is 0 Å². The first kappa shape index (κ1) is 16.7. The van der Waals surface area contributed by atoms with Crippen molar-refractivity contribution in [2.24, 2.45) is 0 Å². The molecule has 0 spiro atoms. The number of aromatic nitrogens is 3. The van der Waals surface area contributed by atoms with Crippen molar-refractivity contribution < 1.29 is 4.42 Å². The van der Waals surface area contributed by atoms with Crippen LogP contribution in [0.4, 0.5) is 0 Å². The smallest absolute Gasteiger partial charge is 0.247 e. The maximum absolute atomic E-state index is 5.95. The maximum Gasteiger partial charge on any atom is 0.247 e. The van der Waals surface area contributed by atoms with E-state index in [1.807, 2.05) is 66.9 Å². The van der Waals surface area contributed by atoms with Crippen molar-refractivity contribution in [1.82, 2.24) is 15.0 Å². The molecule has 0 radical (unpaired) electrons. The Morgan fingerprint density at radius 3 is 2.18 bits per heavy atom. The summed E-state index contributed by atoms with van der Waals surface area (Å²) in [5.41, 5.74) is 6.15. The van der Waals surface area contributed by atoms with E-state index in [0.717, 1.165) is 33.5 Å². The number of hydrogen-bond acceptors (Lipinski definition) is 4. The number of fused-ring (bicyclic) bond motifs is 1. The standard InChI is InChI=1S/C23H14ClN3O/c24-19-9-7-17(8-10-19)22-27-21-12-11-20(26-23(21)28-22)16-5-3-15(4-6-16)18-2-1-13-25-14-18/h1-14H. The Bertz CT molecular complexity index is 1250. The van der Waals surface area contributed by atoms with Crippen molar-refractivity contribution in [2.45, 2.75) is 0 Å². The predicted octanol–water partition coefficient (Wildman–Crippen LogP) is 6.27. The summed E-state index contributed by atoms with van der Waals surface area (Å²) in [4.78, 5) is 13.3. The lowest BCUT2D eigenvalue weighted by atomic mass is 10.0. The lowest BCUT2D eigenvalue weighted by molar-refractivity contribution is 0.608. The minimum absolute atomic E-state index is 0.513. The second kappa shape index (κ2) is 6.91. The molecule has 4 nitrogen and oxygen atoms in total. The van der Waals surface area contributed by atoms with Gasteiger partial charge in [-0.05, 0) is 53.6 Å². The fourth-order valence-corrected chi connectivity index (χ4v) is 3.19. The van der Waals surface area contributed by atoms with Crippen LogP contribution in [0.25, 0.3) is 45.1 Å². The van der Waals surface area contributed by atoms with Crippen LogP contribution in [-0.2, 0) is 0 Å². The number of benzene rings is 2. The molecule has 0 amide bonds. The van der Waals surface area contributed by atoms with Crippen molar-refractivity contribution >= 4 is 22.8 Å². The number of rotatable bonds is 3. The average molecular weight is 384 g/mol. The van der Waals surface area contributed by atoms with Crippen LogP contribution in [0.1, 0.15) is 0 Å². The zero-order chi connectivity index (χ0) is 18.9. The first-order valence-electron chi connectivity index (χ1n) is 8.81. The topological polar surface area (TPSA) is 51.8 Å². The summed E-state index contributed by atoms with van der Waals surface area (Å²) in [6.07, 6.45) is 3.62. The molecule has 134 valence electrons. The van der Waals surface area contributed by atoms with Gasteiger partial charge in [0, 0.05) is 28.5 Å². The van der Waals surface area contributed by atoms with Crippen LogP contribution in [0, 0.1) is 0 Å². The van der Waals surface area contributed by atoms with Crippen molar-refractivity contribution in [1.29, 1.82) is 0 Å². The maximum atomic E-state index is 5.95. The molecule has 0 aliphatic heterocycles. The van der Waals surface area contributed by atoms with E-state index in [1.165, 1.54) is 0 Å². The molecule has 2 aromatic carbocycles. The van der Waals surface area contributed by atoms with Crippen molar-refractivity contribution in [3.63, 3.8) is 0 Å². The van der Waals surface area contributed by atoms with E-state index < -0.39 is 0 Å². The molecule has 0 bridgehead atoms. The molecule has 0 fully saturated rings. The van der Waals surface area contributed by atoms with E-state index in [1.54, 1.807) is 6.20 Å². The molecule has 0 aliphatic carbocycles. The van der Waals surface area contributed by atoms with Gasteiger partial charge in [-0.15, -0.1) is 0 Å². The number of halogens is 1. The summed E-state index contributed by atoms with van der Waals surface area (Å²) >= 11 is 5.95. The Labute approximate surface area is 166 Å². The SMILES string of the molecule is Clc1ccc(-c2nc3ccc(-c4ccc(-c5cccnc5)cc4)nc3o2)cc1. The second-order valence-corrected chi connectivity index (χ2v) is 6.80. The number of nitrogens with zero attached hydrogens (tertiary/aromatic N) is 3. The molecule has 5 aromatic rings. The van der Waals surface area contributed by atoms with Gasteiger partial charge in [-0.2, -0.15) is 0 Å². The van der Waals surface area contributed by atoms with Gasteiger partial charge in [-0.3, -0.25) is 4.98 Å². The molecule has 0 atom stereocenters. The van der Waals surface area contributed by atoms with Gasteiger partial charge in [0.25, 0.3) is 0 Å². The molecule has 0 saturated carbocycles. The molecule has 0 unspecified atom stereocenters. The second-order valence-electron chi connectivity index (χ2n) is 6.37. The minimum Gasteiger partial charge on any atom is -0.418 e. The quantitative estimate of drug-likeness (QED) is 0.368. The molecule has 0 aliphatic rings. The lowest BCUT2D eigenvalue weighted by Gasteiger charge is -2.04. The summed E-state index contributed by atoms with van der Waals surface area (Å²) in [7, 11) is 0.